The van der Waals surface area contributed by atoms with Crippen molar-refractivity contribution in [2.75, 3.05) is 13.2 Å². The SMILES string of the molecule is C=C1CCN(C(=O)OC(C)(C)C)C12CCOC2=O. The number of nitrogens with zero attached hydrogens (tertiary/aromatic N) is 1. The molecule has 2 aliphatic heterocycles. The van der Waals surface area contributed by atoms with Crippen LogP contribution in [-0.4, -0.2) is 41.3 Å². The Balaban J connectivity index is 2.25. The Bertz CT molecular complexity index is 400. The molecule has 100 valence electrons. The lowest BCUT2D eigenvalue weighted by atomic mass is 9.90. The molecule has 0 radical (unpaired) electrons. The van der Waals surface area contributed by atoms with Gasteiger partial charge >= 0.3 is 12.1 Å². The fourth-order valence-electron chi connectivity index (χ4n) is 2.48. The Hall–Kier alpha value is -1.52. The molecule has 18 heavy (non-hydrogen) atoms. The first-order valence-electron chi connectivity index (χ1n) is 6.13. The van der Waals surface area contributed by atoms with Gasteiger partial charge in [0.05, 0.1) is 6.61 Å². The molecule has 5 heteroatoms. The zero-order chi connectivity index (χ0) is 13.6. The molecule has 0 bridgehead atoms. The summed E-state index contributed by atoms with van der Waals surface area (Å²) in [5.41, 5.74) is -0.816. The first-order chi connectivity index (χ1) is 8.27. The minimum atomic E-state index is -0.984. The lowest BCUT2D eigenvalue weighted by molar-refractivity contribution is -0.145. The molecule has 0 aromatic carbocycles. The predicted octanol–water partition coefficient (Wildman–Crippen LogP) is 1.87. The van der Waals surface area contributed by atoms with Crippen molar-refractivity contribution >= 4 is 12.1 Å². The third-order valence-electron chi connectivity index (χ3n) is 3.33. The smallest absolute Gasteiger partial charge is 0.411 e. The zero-order valence-electron chi connectivity index (χ0n) is 11.1. The van der Waals surface area contributed by atoms with Crippen molar-refractivity contribution in [1.82, 2.24) is 4.90 Å². The number of hydrogen-bond acceptors (Lipinski definition) is 4. The molecular weight excluding hydrogens is 234 g/mol. The molecule has 2 saturated heterocycles. The maximum absolute atomic E-state index is 12.2. The lowest BCUT2D eigenvalue weighted by Gasteiger charge is -2.33. The highest BCUT2D eigenvalue weighted by Crippen LogP contribution is 2.41. The van der Waals surface area contributed by atoms with Crippen molar-refractivity contribution in [3.8, 4) is 0 Å². The first-order valence-corrected chi connectivity index (χ1v) is 6.13. The molecule has 1 atom stereocenters. The number of ether oxygens (including phenoxy) is 2. The molecule has 1 spiro atoms. The first kappa shape index (κ1) is 12.9. The highest BCUT2D eigenvalue weighted by molar-refractivity contribution is 5.91. The highest BCUT2D eigenvalue weighted by Gasteiger charge is 2.57. The monoisotopic (exact) mass is 253 g/mol. The molecule has 0 aromatic heterocycles. The molecular formula is C13H19NO4. The van der Waals surface area contributed by atoms with E-state index in [1.54, 1.807) is 20.8 Å². The third-order valence-corrected chi connectivity index (χ3v) is 3.33. The van der Waals surface area contributed by atoms with Crippen LogP contribution in [-0.2, 0) is 14.3 Å². The van der Waals surface area contributed by atoms with E-state index >= 15 is 0 Å². The number of rotatable bonds is 0. The normalized spacial score (nSPS) is 27.8. The fraction of sp³-hybridized carbons (Fsp3) is 0.692. The van der Waals surface area contributed by atoms with E-state index in [1.807, 2.05) is 0 Å². The minimum Gasteiger partial charge on any atom is -0.464 e. The van der Waals surface area contributed by atoms with E-state index in [1.165, 1.54) is 4.90 Å². The van der Waals surface area contributed by atoms with Crippen LogP contribution in [0.25, 0.3) is 0 Å². The third kappa shape index (κ3) is 1.87. The second-order valence-corrected chi connectivity index (χ2v) is 5.73. The van der Waals surface area contributed by atoms with Crippen molar-refractivity contribution < 1.29 is 19.1 Å². The van der Waals surface area contributed by atoms with Gasteiger partial charge < -0.3 is 9.47 Å². The van der Waals surface area contributed by atoms with Gasteiger partial charge in [-0.1, -0.05) is 6.58 Å². The number of cyclic esters (lactones) is 1. The van der Waals surface area contributed by atoms with Crippen LogP contribution in [0.1, 0.15) is 33.6 Å². The van der Waals surface area contributed by atoms with E-state index in [4.69, 9.17) is 9.47 Å². The number of amides is 1. The molecule has 1 unspecified atom stereocenters. The Labute approximate surface area is 107 Å². The van der Waals surface area contributed by atoms with Gasteiger partial charge in [-0.3, -0.25) is 4.90 Å². The summed E-state index contributed by atoms with van der Waals surface area (Å²) < 4.78 is 10.4. The zero-order valence-corrected chi connectivity index (χ0v) is 11.1. The summed E-state index contributed by atoms with van der Waals surface area (Å²) in [6.45, 7) is 10.1. The number of hydrogen-bond donors (Lipinski definition) is 0. The number of carbonyl (C=O) groups excluding carboxylic acids is 2. The van der Waals surface area contributed by atoms with E-state index in [9.17, 15) is 9.59 Å². The molecule has 2 rings (SSSR count). The van der Waals surface area contributed by atoms with Crippen LogP contribution >= 0.6 is 0 Å². The molecule has 0 N–H and O–H groups in total. The van der Waals surface area contributed by atoms with Gasteiger partial charge in [0.1, 0.15) is 5.60 Å². The predicted molar refractivity (Wildman–Crippen MR) is 65.0 cm³/mol. The summed E-state index contributed by atoms with van der Waals surface area (Å²) >= 11 is 0. The summed E-state index contributed by atoms with van der Waals surface area (Å²) in [5, 5.41) is 0. The molecule has 2 heterocycles. The number of esters is 1. The summed E-state index contributed by atoms with van der Waals surface area (Å²) in [4.78, 5) is 25.6. The molecule has 2 fully saturated rings. The Kier molecular flexibility index (Phi) is 2.87. The van der Waals surface area contributed by atoms with Gasteiger partial charge in [0.2, 0.25) is 0 Å². The van der Waals surface area contributed by atoms with Crippen molar-refractivity contribution in [2.24, 2.45) is 0 Å². The Morgan fingerprint density at radius 3 is 2.67 bits per heavy atom. The van der Waals surface area contributed by atoms with Crippen LogP contribution in [0.4, 0.5) is 4.79 Å². The van der Waals surface area contributed by atoms with Gasteiger partial charge in [0.15, 0.2) is 5.54 Å². The Morgan fingerprint density at radius 1 is 1.50 bits per heavy atom. The van der Waals surface area contributed by atoms with Crippen LogP contribution in [0, 0.1) is 0 Å². The van der Waals surface area contributed by atoms with Gasteiger partial charge in [0, 0.05) is 13.0 Å². The van der Waals surface area contributed by atoms with Crippen molar-refractivity contribution in [3.63, 3.8) is 0 Å². The van der Waals surface area contributed by atoms with Crippen LogP contribution in [0.15, 0.2) is 12.2 Å². The largest absolute Gasteiger partial charge is 0.464 e. The van der Waals surface area contributed by atoms with E-state index in [-0.39, 0.29) is 5.97 Å². The lowest BCUT2D eigenvalue weighted by Crippen LogP contribution is -2.52. The van der Waals surface area contributed by atoms with Gasteiger partial charge in [-0.15, -0.1) is 0 Å². The van der Waals surface area contributed by atoms with Gasteiger partial charge in [-0.25, -0.2) is 9.59 Å². The fourth-order valence-corrected chi connectivity index (χ4v) is 2.48. The van der Waals surface area contributed by atoms with E-state index < -0.39 is 17.2 Å². The average molecular weight is 253 g/mol. The maximum atomic E-state index is 12.2. The van der Waals surface area contributed by atoms with Crippen molar-refractivity contribution in [1.29, 1.82) is 0 Å². The maximum Gasteiger partial charge on any atom is 0.411 e. The standard InChI is InChI=1S/C13H19NO4/c1-9-5-7-14(11(16)18-12(2,3)4)13(9)6-8-17-10(13)15/h1,5-8H2,2-4H3. The summed E-state index contributed by atoms with van der Waals surface area (Å²) in [6.07, 6.45) is 0.623. The van der Waals surface area contributed by atoms with E-state index in [0.29, 0.717) is 26.0 Å². The van der Waals surface area contributed by atoms with Crippen LogP contribution < -0.4 is 0 Å². The van der Waals surface area contributed by atoms with Crippen LogP contribution in [0.2, 0.25) is 0 Å². The average Bonchev–Trinajstić information content (AvgIpc) is 2.73. The highest BCUT2D eigenvalue weighted by atomic mass is 16.6. The van der Waals surface area contributed by atoms with Crippen LogP contribution in [0.3, 0.4) is 0 Å². The van der Waals surface area contributed by atoms with Gasteiger partial charge in [-0.05, 0) is 32.8 Å². The molecule has 0 saturated carbocycles. The molecule has 2 aliphatic rings. The minimum absolute atomic E-state index is 0.331. The second kappa shape index (κ2) is 4.00. The second-order valence-electron chi connectivity index (χ2n) is 5.73. The van der Waals surface area contributed by atoms with E-state index in [2.05, 4.69) is 6.58 Å². The summed E-state index contributed by atoms with van der Waals surface area (Å²) in [6, 6.07) is 0. The van der Waals surface area contributed by atoms with Crippen molar-refractivity contribution in [2.45, 2.75) is 44.8 Å². The molecule has 1 amide bonds. The quantitative estimate of drug-likeness (QED) is 0.488. The summed E-state index contributed by atoms with van der Waals surface area (Å²) in [7, 11) is 0. The van der Waals surface area contributed by atoms with E-state index in [0.717, 1.165) is 5.57 Å². The topological polar surface area (TPSA) is 55.8 Å². The summed E-state index contributed by atoms with van der Waals surface area (Å²) in [5.74, 6) is -0.379. The molecule has 0 aromatic rings. The van der Waals surface area contributed by atoms with Crippen molar-refractivity contribution in [3.05, 3.63) is 12.2 Å². The molecule has 5 nitrogen and oxygen atoms in total. The number of likely N-dealkylation sites (tertiary alicyclic amines) is 1. The Morgan fingerprint density at radius 2 is 2.17 bits per heavy atom. The number of carbonyl (C=O) groups is 2. The van der Waals surface area contributed by atoms with Gasteiger partial charge in [-0.2, -0.15) is 0 Å². The molecule has 0 aliphatic carbocycles. The van der Waals surface area contributed by atoms with Crippen LogP contribution in [0.5, 0.6) is 0 Å². The van der Waals surface area contributed by atoms with Gasteiger partial charge in [0.25, 0.3) is 0 Å².